The molecule has 1 aromatic carbocycles. The summed E-state index contributed by atoms with van der Waals surface area (Å²) in [6.45, 7) is 3.91. The van der Waals surface area contributed by atoms with Gasteiger partial charge in [-0.15, -0.1) is 0 Å². The summed E-state index contributed by atoms with van der Waals surface area (Å²) in [6, 6.07) is 5.63. The predicted octanol–water partition coefficient (Wildman–Crippen LogP) is 4.38. The van der Waals surface area contributed by atoms with Gasteiger partial charge in [0.1, 0.15) is 11.4 Å². The van der Waals surface area contributed by atoms with Crippen LogP contribution >= 0.6 is 27.5 Å². The van der Waals surface area contributed by atoms with E-state index in [1.165, 1.54) is 0 Å². The van der Waals surface area contributed by atoms with Crippen LogP contribution in [0.25, 0.3) is 0 Å². The van der Waals surface area contributed by atoms with Crippen LogP contribution in [-0.2, 0) is 12.4 Å². The van der Waals surface area contributed by atoms with E-state index in [9.17, 15) is 0 Å². The maximum atomic E-state index is 6.01. The van der Waals surface area contributed by atoms with Crippen molar-refractivity contribution in [2.75, 3.05) is 0 Å². The third kappa shape index (κ3) is 2.54. The van der Waals surface area contributed by atoms with E-state index in [2.05, 4.69) is 21.0 Å². The zero-order valence-electron chi connectivity index (χ0n) is 10.5. The summed E-state index contributed by atoms with van der Waals surface area (Å²) in [6.07, 6.45) is 0. The van der Waals surface area contributed by atoms with Gasteiger partial charge in [0.15, 0.2) is 5.75 Å². The molecule has 0 unspecified atom stereocenters. The van der Waals surface area contributed by atoms with E-state index in [0.29, 0.717) is 5.02 Å². The first kappa shape index (κ1) is 13.4. The van der Waals surface area contributed by atoms with Crippen molar-refractivity contribution in [2.24, 2.45) is 7.05 Å². The lowest BCUT2D eigenvalue weighted by molar-refractivity contribution is 0.470. The average Bonchev–Trinajstić information content (AvgIpc) is 2.56. The Bertz CT molecular complexity index is 581. The second kappa shape index (κ2) is 5.33. The number of aromatic nitrogens is 2. The SMILES string of the molecule is Cc1nn(C)c(C)c1Oc1cc(Cl)ccc1CBr. The minimum Gasteiger partial charge on any atom is -0.453 e. The van der Waals surface area contributed by atoms with Crippen molar-refractivity contribution in [3.8, 4) is 11.5 Å². The molecular weight excluding hydrogens is 316 g/mol. The van der Waals surface area contributed by atoms with Crippen molar-refractivity contribution < 1.29 is 4.74 Å². The van der Waals surface area contributed by atoms with Crippen molar-refractivity contribution in [2.45, 2.75) is 19.2 Å². The van der Waals surface area contributed by atoms with Gasteiger partial charge in [-0.2, -0.15) is 5.10 Å². The minimum absolute atomic E-state index is 0.661. The van der Waals surface area contributed by atoms with E-state index < -0.39 is 0 Å². The number of aryl methyl sites for hydroxylation is 2. The first-order valence-electron chi connectivity index (χ1n) is 5.55. The highest BCUT2D eigenvalue weighted by atomic mass is 79.9. The Morgan fingerprint density at radius 3 is 2.67 bits per heavy atom. The summed E-state index contributed by atoms with van der Waals surface area (Å²) in [5.41, 5.74) is 2.92. The van der Waals surface area contributed by atoms with Crippen LogP contribution < -0.4 is 4.74 Å². The molecule has 0 saturated heterocycles. The molecule has 0 N–H and O–H groups in total. The van der Waals surface area contributed by atoms with E-state index in [1.54, 1.807) is 0 Å². The molecule has 1 heterocycles. The van der Waals surface area contributed by atoms with Crippen molar-refractivity contribution in [1.29, 1.82) is 0 Å². The van der Waals surface area contributed by atoms with Crippen LogP contribution in [0.1, 0.15) is 17.0 Å². The minimum atomic E-state index is 0.661. The molecule has 0 amide bonds. The van der Waals surface area contributed by atoms with Gasteiger partial charge in [-0.3, -0.25) is 4.68 Å². The molecule has 0 saturated carbocycles. The number of ether oxygens (including phenoxy) is 1. The molecule has 0 spiro atoms. The number of rotatable bonds is 3. The smallest absolute Gasteiger partial charge is 0.171 e. The number of hydrogen-bond acceptors (Lipinski definition) is 2. The fourth-order valence-corrected chi connectivity index (χ4v) is 2.37. The van der Waals surface area contributed by atoms with Crippen LogP contribution in [0.15, 0.2) is 18.2 Å². The highest BCUT2D eigenvalue weighted by molar-refractivity contribution is 9.08. The standard InChI is InChI=1S/C13H14BrClN2O/c1-8-13(9(2)17(3)16-8)18-12-6-11(15)5-4-10(12)7-14/h4-6H,7H2,1-3H3. The predicted molar refractivity (Wildman–Crippen MR) is 76.8 cm³/mol. The molecule has 0 aliphatic rings. The Hall–Kier alpha value is -1.000. The van der Waals surface area contributed by atoms with Gasteiger partial charge >= 0.3 is 0 Å². The Balaban J connectivity index is 2.42. The number of benzene rings is 1. The Morgan fingerprint density at radius 2 is 2.11 bits per heavy atom. The van der Waals surface area contributed by atoms with Crippen molar-refractivity contribution in [3.05, 3.63) is 40.2 Å². The Labute approximate surface area is 120 Å². The third-order valence-corrected chi connectivity index (χ3v) is 3.67. The van der Waals surface area contributed by atoms with Crippen LogP contribution in [0.2, 0.25) is 5.02 Å². The van der Waals surface area contributed by atoms with Gasteiger partial charge in [-0.25, -0.2) is 0 Å². The molecule has 0 aliphatic carbocycles. The summed E-state index contributed by atoms with van der Waals surface area (Å²) < 4.78 is 7.77. The van der Waals surface area contributed by atoms with E-state index in [4.69, 9.17) is 16.3 Å². The Kier molecular flexibility index (Phi) is 3.97. The highest BCUT2D eigenvalue weighted by Gasteiger charge is 2.13. The lowest BCUT2D eigenvalue weighted by atomic mass is 10.2. The van der Waals surface area contributed by atoms with Crippen molar-refractivity contribution in [1.82, 2.24) is 9.78 Å². The van der Waals surface area contributed by atoms with Crippen LogP contribution in [0, 0.1) is 13.8 Å². The van der Waals surface area contributed by atoms with Gasteiger partial charge in [0, 0.05) is 23.0 Å². The van der Waals surface area contributed by atoms with Crippen molar-refractivity contribution >= 4 is 27.5 Å². The average molecular weight is 330 g/mol. The molecule has 18 heavy (non-hydrogen) atoms. The molecule has 0 fully saturated rings. The molecular formula is C13H14BrClN2O. The van der Waals surface area contributed by atoms with Crippen LogP contribution in [-0.4, -0.2) is 9.78 Å². The Morgan fingerprint density at radius 1 is 1.39 bits per heavy atom. The van der Waals surface area contributed by atoms with Crippen LogP contribution in [0.5, 0.6) is 11.5 Å². The van der Waals surface area contributed by atoms with Gasteiger partial charge in [0.25, 0.3) is 0 Å². The number of alkyl halides is 1. The van der Waals surface area contributed by atoms with Crippen LogP contribution in [0.4, 0.5) is 0 Å². The van der Waals surface area contributed by atoms with Gasteiger partial charge in [0.05, 0.1) is 5.69 Å². The number of halogens is 2. The summed E-state index contributed by atoms with van der Waals surface area (Å²) in [5.74, 6) is 1.56. The molecule has 2 aromatic rings. The van der Waals surface area contributed by atoms with Gasteiger partial charge < -0.3 is 4.74 Å². The van der Waals surface area contributed by atoms with E-state index in [-0.39, 0.29) is 0 Å². The van der Waals surface area contributed by atoms with Gasteiger partial charge in [-0.1, -0.05) is 33.6 Å². The van der Waals surface area contributed by atoms with E-state index >= 15 is 0 Å². The normalized spacial score (nSPS) is 10.7. The fourth-order valence-electron chi connectivity index (χ4n) is 1.75. The molecule has 1 aromatic heterocycles. The second-order valence-corrected chi connectivity index (χ2v) is 5.11. The molecule has 0 aliphatic heterocycles. The number of hydrogen-bond donors (Lipinski definition) is 0. The first-order valence-corrected chi connectivity index (χ1v) is 7.05. The molecule has 0 atom stereocenters. The van der Waals surface area contributed by atoms with E-state index in [1.807, 2.05) is 43.8 Å². The summed E-state index contributed by atoms with van der Waals surface area (Å²) in [5, 5.41) is 5.71. The second-order valence-electron chi connectivity index (χ2n) is 4.11. The topological polar surface area (TPSA) is 27.1 Å². The highest BCUT2D eigenvalue weighted by Crippen LogP contribution is 2.33. The largest absolute Gasteiger partial charge is 0.453 e. The molecule has 5 heteroatoms. The lowest BCUT2D eigenvalue weighted by Crippen LogP contribution is -1.94. The maximum Gasteiger partial charge on any atom is 0.171 e. The van der Waals surface area contributed by atoms with Gasteiger partial charge in [0.2, 0.25) is 0 Å². The summed E-state index contributed by atoms with van der Waals surface area (Å²) >= 11 is 9.45. The van der Waals surface area contributed by atoms with Crippen LogP contribution in [0.3, 0.4) is 0 Å². The molecule has 2 rings (SSSR count). The number of nitrogens with zero attached hydrogens (tertiary/aromatic N) is 2. The lowest BCUT2D eigenvalue weighted by Gasteiger charge is -2.10. The molecule has 0 radical (unpaired) electrons. The third-order valence-electron chi connectivity index (χ3n) is 2.83. The maximum absolute atomic E-state index is 6.01. The zero-order valence-corrected chi connectivity index (χ0v) is 12.8. The van der Waals surface area contributed by atoms with Crippen molar-refractivity contribution in [3.63, 3.8) is 0 Å². The monoisotopic (exact) mass is 328 g/mol. The summed E-state index contributed by atoms with van der Waals surface area (Å²) in [4.78, 5) is 0. The molecule has 0 bridgehead atoms. The fraction of sp³-hybridized carbons (Fsp3) is 0.308. The zero-order chi connectivity index (χ0) is 13.3. The molecule has 3 nitrogen and oxygen atoms in total. The summed E-state index contributed by atoms with van der Waals surface area (Å²) in [7, 11) is 1.90. The quantitative estimate of drug-likeness (QED) is 0.782. The van der Waals surface area contributed by atoms with Gasteiger partial charge in [-0.05, 0) is 26.0 Å². The molecule has 96 valence electrons. The first-order chi connectivity index (χ1) is 8.52. The van der Waals surface area contributed by atoms with E-state index in [0.717, 1.165) is 33.8 Å².